The second kappa shape index (κ2) is 9.32. The predicted octanol–water partition coefficient (Wildman–Crippen LogP) is 2.05. The van der Waals surface area contributed by atoms with Gasteiger partial charge in [-0.25, -0.2) is 0 Å². The van der Waals surface area contributed by atoms with Gasteiger partial charge in [0.15, 0.2) is 0 Å². The van der Waals surface area contributed by atoms with Crippen LogP contribution < -0.4 is 5.32 Å². The molecule has 1 atom stereocenters. The van der Waals surface area contributed by atoms with Gasteiger partial charge in [0.2, 0.25) is 0 Å². The SMILES string of the molecule is CCCCOCCOCC(NCCC)(C(=O)O)C1CC1. The van der Waals surface area contributed by atoms with Gasteiger partial charge in [0.1, 0.15) is 5.54 Å². The molecule has 0 bridgehead atoms. The first-order valence-corrected chi connectivity index (χ1v) is 7.81. The maximum atomic E-state index is 11.6. The molecular weight excluding hydrogens is 258 g/mol. The van der Waals surface area contributed by atoms with Gasteiger partial charge in [0.05, 0.1) is 19.8 Å². The molecule has 1 rings (SSSR count). The smallest absolute Gasteiger partial charge is 0.326 e. The van der Waals surface area contributed by atoms with Gasteiger partial charge in [-0.15, -0.1) is 0 Å². The topological polar surface area (TPSA) is 67.8 Å². The van der Waals surface area contributed by atoms with E-state index in [0.29, 0.717) is 19.8 Å². The third-order valence-electron chi connectivity index (χ3n) is 3.69. The summed E-state index contributed by atoms with van der Waals surface area (Å²) in [7, 11) is 0. The third-order valence-corrected chi connectivity index (χ3v) is 3.69. The van der Waals surface area contributed by atoms with Crippen LogP contribution in [0.25, 0.3) is 0 Å². The standard InChI is InChI=1S/C15H29NO4/c1-3-5-9-19-10-11-20-12-15(14(17)18,13-6-7-13)16-8-4-2/h13,16H,3-12H2,1-2H3,(H,17,18). The van der Waals surface area contributed by atoms with Crippen molar-refractivity contribution in [1.29, 1.82) is 0 Å². The molecule has 0 radical (unpaired) electrons. The lowest BCUT2D eigenvalue weighted by Crippen LogP contribution is -2.57. The van der Waals surface area contributed by atoms with E-state index in [4.69, 9.17) is 9.47 Å². The fraction of sp³-hybridized carbons (Fsp3) is 0.933. The zero-order chi connectivity index (χ0) is 14.8. The molecule has 5 nitrogen and oxygen atoms in total. The summed E-state index contributed by atoms with van der Waals surface area (Å²) in [6.45, 7) is 6.84. The number of carboxylic acid groups (broad SMARTS) is 1. The number of hydrogen-bond acceptors (Lipinski definition) is 4. The number of carboxylic acids is 1. The maximum absolute atomic E-state index is 11.6. The molecule has 0 aromatic heterocycles. The molecule has 0 aromatic rings. The van der Waals surface area contributed by atoms with Crippen molar-refractivity contribution >= 4 is 5.97 Å². The Morgan fingerprint density at radius 3 is 2.45 bits per heavy atom. The van der Waals surface area contributed by atoms with Crippen molar-refractivity contribution in [1.82, 2.24) is 5.32 Å². The van der Waals surface area contributed by atoms with E-state index in [1.165, 1.54) is 0 Å². The van der Waals surface area contributed by atoms with E-state index >= 15 is 0 Å². The Hall–Kier alpha value is -0.650. The van der Waals surface area contributed by atoms with E-state index < -0.39 is 11.5 Å². The molecule has 1 aliphatic carbocycles. The van der Waals surface area contributed by atoms with Crippen LogP contribution in [-0.2, 0) is 14.3 Å². The van der Waals surface area contributed by atoms with Crippen molar-refractivity contribution in [2.75, 3.05) is 33.0 Å². The third kappa shape index (κ3) is 5.38. The van der Waals surface area contributed by atoms with Crippen LogP contribution in [-0.4, -0.2) is 49.6 Å². The molecule has 1 unspecified atom stereocenters. The minimum atomic E-state index is -0.903. The molecule has 0 amide bonds. The quantitative estimate of drug-likeness (QED) is 0.507. The normalized spacial score (nSPS) is 17.9. The van der Waals surface area contributed by atoms with Crippen LogP contribution in [0.2, 0.25) is 0 Å². The number of nitrogens with one attached hydrogen (secondary N) is 1. The van der Waals surface area contributed by atoms with E-state index in [9.17, 15) is 9.90 Å². The van der Waals surface area contributed by atoms with Gasteiger partial charge >= 0.3 is 5.97 Å². The molecule has 0 saturated heterocycles. The van der Waals surface area contributed by atoms with E-state index in [2.05, 4.69) is 12.2 Å². The minimum absolute atomic E-state index is 0.201. The highest BCUT2D eigenvalue weighted by Gasteiger charge is 2.51. The average Bonchev–Trinajstić information content (AvgIpc) is 3.26. The summed E-state index contributed by atoms with van der Waals surface area (Å²) in [6.07, 6.45) is 5.03. The maximum Gasteiger partial charge on any atom is 0.326 e. The van der Waals surface area contributed by atoms with Gasteiger partial charge in [0.25, 0.3) is 0 Å². The highest BCUT2D eigenvalue weighted by Crippen LogP contribution is 2.40. The summed E-state index contributed by atoms with van der Waals surface area (Å²) < 4.78 is 11.0. The van der Waals surface area contributed by atoms with E-state index in [1.54, 1.807) is 0 Å². The van der Waals surface area contributed by atoms with E-state index in [-0.39, 0.29) is 12.5 Å². The Labute approximate surface area is 122 Å². The van der Waals surface area contributed by atoms with Crippen LogP contribution >= 0.6 is 0 Å². The van der Waals surface area contributed by atoms with Gasteiger partial charge in [-0.3, -0.25) is 10.1 Å². The molecule has 0 aliphatic heterocycles. The van der Waals surface area contributed by atoms with Gasteiger partial charge < -0.3 is 14.6 Å². The molecule has 1 saturated carbocycles. The zero-order valence-corrected chi connectivity index (χ0v) is 12.8. The first-order valence-electron chi connectivity index (χ1n) is 7.81. The van der Waals surface area contributed by atoms with Crippen LogP contribution in [0.4, 0.5) is 0 Å². The summed E-state index contributed by atoms with van der Waals surface area (Å²) in [5.74, 6) is -0.590. The fourth-order valence-electron chi connectivity index (χ4n) is 2.25. The van der Waals surface area contributed by atoms with Crippen molar-refractivity contribution < 1.29 is 19.4 Å². The highest BCUT2D eigenvalue weighted by atomic mass is 16.5. The fourth-order valence-corrected chi connectivity index (χ4v) is 2.25. The first-order chi connectivity index (χ1) is 9.67. The highest BCUT2D eigenvalue weighted by molar-refractivity contribution is 5.80. The van der Waals surface area contributed by atoms with Gasteiger partial charge in [-0.1, -0.05) is 20.3 Å². The number of carbonyl (C=O) groups is 1. The zero-order valence-electron chi connectivity index (χ0n) is 12.8. The Balaban J connectivity index is 2.31. The molecule has 20 heavy (non-hydrogen) atoms. The summed E-state index contributed by atoms with van der Waals surface area (Å²) in [5.41, 5.74) is -0.903. The van der Waals surface area contributed by atoms with Crippen LogP contribution in [0.5, 0.6) is 0 Å². The lowest BCUT2D eigenvalue weighted by Gasteiger charge is -2.30. The minimum Gasteiger partial charge on any atom is -0.480 e. The van der Waals surface area contributed by atoms with Crippen LogP contribution in [0.3, 0.4) is 0 Å². The van der Waals surface area contributed by atoms with Crippen molar-refractivity contribution in [3.8, 4) is 0 Å². The molecule has 0 spiro atoms. The average molecular weight is 287 g/mol. The van der Waals surface area contributed by atoms with E-state index in [0.717, 1.165) is 38.7 Å². The summed E-state index contributed by atoms with van der Waals surface area (Å²) in [6, 6.07) is 0. The number of hydrogen-bond donors (Lipinski definition) is 2. The molecule has 5 heteroatoms. The lowest BCUT2D eigenvalue weighted by molar-refractivity contribution is -0.149. The molecule has 1 aliphatic rings. The summed E-state index contributed by atoms with van der Waals surface area (Å²) in [4.78, 5) is 11.6. The van der Waals surface area contributed by atoms with Gasteiger partial charge in [0, 0.05) is 6.61 Å². The molecule has 0 heterocycles. The van der Waals surface area contributed by atoms with Crippen molar-refractivity contribution in [3.63, 3.8) is 0 Å². The van der Waals surface area contributed by atoms with Crippen LogP contribution in [0.1, 0.15) is 46.0 Å². The Morgan fingerprint density at radius 2 is 1.90 bits per heavy atom. The Morgan fingerprint density at radius 1 is 1.20 bits per heavy atom. The van der Waals surface area contributed by atoms with Gasteiger partial charge in [-0.05, 0) is 38.1 Å². The first kappa shape index (κ1) is 17.4. The monoisotopic (exact) mass is 287 g/mol. The lowest BCUT2D eigenvalue weighted by atomic mass is 9.94. The second-order valence-corrected chi connectivity index (χ2v) is 5.50. The van der Waals surface area contributed by atoms with Gasteiger partial charge in [-0.2, -0.15) is 0 Å². The van der Waals surface area contributed by atoms with Crippen LogP contribution in [0.15, 0.2) is 0 Å². The largest absolute Gasteiger partial charge is 0.480 e. The number of aliphatic carboxylic acids is 1. The number of ether oxygens (including phenoxy) is 2. The molecule has 1 fully saturated rings. The summed E-state index contributed by atoms with van der Waals surface area (Å²) in [5, 5.41) is 12.7. The summed E-state index contributed by atoms with van der Waals surface area (Å²) >= 11 is 0. The predicted molar refractivity (Wildman–Crippen MR) is 77.9 cm³/mol. The number of rotatable bonds is 13. The molecular formula is C15H29NO4. The van der Waals surface area contributed by atoms with E-state index in [1.807, 2.05) is 6.92 Å². The molecule has 118 valence electrons. The van der Waals surface area contributed by atoms with Crippen LogP contribution in [0, 0.1) is 5.92 Å². The van der Waals surface area contributed by atoms with Crippen molar-refractivity contribution in [2.24, 2.45) is 5.92 Å². The molecule has 2 N–H and O–H groups in total. The second-order valence-electron chi connectivity index (χ2n) is 5.50. The van der Waals surface area contributed by atoms with Crippen molar-refractivity contribution in [3.05, 3.63) is 0 Å². The van der Waals surface area contributed by atoms with Crippen molar-refractivity contribution in [2.45, 2.75) is 51.5 Å². The Kier molecular flexibility index (Phi) is 8.11. The Bertz CT molecular complexity index is 281. The molecule has 0 aromatic carbocycles. The number of unbranched alkanes of at least 4 members (excludes halogenated alkanes) is 1.